The van der Waals surface area contributed by atoms with Gasteiger partial charge in [-0.15, -0.1) is 0 Å². The van der Waals surface area contributed by atoms with E-state index in [1.54, 1.807) is 35.1 Å². The maximum Gasteiger partial charge on any atom is 0.255 e. The van der Waals surface area contributed by atoms with Gasteiger partial charge in [-0.3, -0.25) is 4.79 Å². The Morgan fingerprint density at radius 2 is 1.82 bits per heavy atom. The zero-order valence-electron chi connectivity index (χ0n) is 18.5. The third kappa shape index (κ3) is 5.98. The van der Waals surface area contributed by atoms with Gasteiger partial charge in [-0.2, -0.15) is 5.10 Å². The molecule has 0 fully saturated rings. The van der Waals surface area contributed by atoms with Crippen LogP contribution < -0.4 is 14.8 Å². The third-order valence-electron chi connectivity index (χ3n) is 5.06. The van der Waals surface area contributed by atoms with Gasteiger partial charge < -0.3 is 14.8 Å². The monoisotopic (exact) mass is 463 g/mol. The van der Waals surface area contributed by atoms with Crippen LogP contribution in [0.3, 0.4) is 0 Å². The predicted octanol–water partition coefficient (Wildman–Crippen LogP) is 5.59. The van der Waals surface area contributed by atoms with Crippen molar-refractivity contribution in [3.05, 3.63) is 107 Å². The average Bonchev–Trinajstić information content (AvgIpc) is 3.30. The molecule has 0 saturated carbocycles. The summed E-state index contributed by atoms with van der Waals surface area (Å²) in [5.41, 5.74) is 2.81. The van der Waals surface area contributed by atoms with E-state index in [4.69, 9.17) is 9.47 Å². The minimum absolute atomic E-state index is 0.0260. The van der Waals surface area contributed by atoms with Gasteiger partial charge >= 0.3 is 0 Å². The Kier molecular flexibility index (Phi) is 7.17. The largest absolute Gasteiger partial charge is 0.486 e. The van der Waals surface area contributed by atoms with Gasteiger partial charge in [-0.25, -0.2) is 13.5 Å². The lowest BCUT2D eigenvalue weighted by atomic mass is 10.1. The number of aryl methyl sites for hydroxylation is 1. The summed E-state index contributed by atoms with van der Waals surface area (Å²) in [6.45, 7) is 2.32. The van der Waals surface area contributed by atoms with Crippen LogP contribution in [0, 0.1) is 11.6 Å². The minimum Gasteiger partial charge on any atom is -0.486 e. The highest BCUT2D eigenvalue weighted by molar-refractivity contribution is 6.04. The van der Waals surface area contributed by atoms with Crippen molar-refractivity contribution in [2.45, 2.75) is 26.7 Å². The lowest BCUT2D eigenvalue weighted by molar-refractivity contribution is 0.102. The second-order valence-corrected chi connectivity index (χ2v) is 7.56. The van der Waals surface area contributed by atoms with Gasteiger partial charge in [0.25, 0.3) is 5.91 Å². The molecule has 6 nitrogen and oxygen atoms in total. The average molecular weight is 463 g/mol. The number of ether oxygens (including phenoxy) is 2. The van der Waals surface area contributed by atoms with Crippen molar-refractivity contribution in [3.63, 3.8) is 0 Å². The fourth-order valence-electron chi connectivity index (χ4n) is 3.22. The Labute approximate surface area is 195 Å². The van der Waals surface area contributed by atoms with Crippen molar-refractivity contribution < 1.29 is 23.0 Å². The molecule has 0 spiro atoms. The number of carbonyl (C=O) groups is 1. The number of anilines is 1. The normalized spacial score (nSPS) is 10.7. The first-order valence-corrected chi connectivity index (χ1v) is 10.7. The molecule has 1 N–H and O–H groups in total. The summed E-state index contributed by atoms with van der Waals surface area (Å²) < 4.78 is 39.5. The Morgan fingerprint density at radius 3 is 2.59 bits per heavy atom. The van der Waals surface area contributed by atoms with Crippen LogP contribution in [0.25, 0.3) is 0 Å². The van der Waals surface area contributed by atoms with Crippen LogP contribution >= 0.6 is 0 Å². The summed E-state index contributed by atoms with van der Waals surface area (Å²) >= 11 is 0. The molecule has 0 atom stereocenters. The smallest absolute Gasteiger partial charge is 0.255 e. The number of hydrogen-bond donors (Lipinski definition) is 1. The van der Waals surface area contributed by atoms with Gasteiger partial charge in [-0.05, 0) is 53.9 Å². The number of nitrogens with zero attached hydrogens (tertiary/aromatic N) is 2. The van der Waals surface area contributed by atoms with Crippen LogP contribution in [0.15, 0.2) is 79.1 Å². The fourth-order valence-corrected chi connectivity index (χ4v) is 3.22. The van der Waals surface area contributed by atoms with E-state index in [9.17, 15) is 13.6 Å². The number of carbonyl (C=O) groups excluding carboxylic acids is 1. The van der Waals surface area contributed by atoms with Crippen molar-refractivity contribution in [1.29, 1.82) is 0 Å². The van der Waals surface area contributed by atoms with Crippen LogP contribution in [0.2, 0.25) is 0 Å². The summed E-state index contributed by atoms with van der Waals surface area (Å²) in [6, 6.07) is 17.7. The molecule has 3 aromatic carbocycles. The molecule has 4 aromatic rings. The number of nitrogens with one attached hydrogen (secondary N) is 1. The minimum atomic E-state index is -0.784. The number of rotatable bonds is 9. The molecule has 0 aliphatic carbocycles. The maximum absolute atomic E-state index is 13.7. The fraction of sp³-hybridized carbons (Fsp3) is 0.154. The molecule has 1 heterocycles. The van der Waals surface area contributed by atoms with E-state index in [1.807, 2.05) is 24.3 Å². The van der Waals surface area contributed by atoms with Gasteiger partial charge in [0.05, 0.1) is 18.1 Å². The molecule has 174 valence electrons. The SMILES string of the molecule is CCc1ccc(OCn2cc(NC(=O)c3cccc(COc4ccc(F)cc4F)c3)cn2)cc1. The highest BCUT2D eigenvalue weighted by atomic mass is 19.1. The highest BCUT2D eigenvalue weighted by Gasteiger charge is 2.10. The molecule has 0 saturated heterocycles. The molecular weight excluding hydrogens is 440 g/mol. The molecule has 34 heavy (non-hydrogen) atoms. The molecule has 0 aliphatic heterocycles. The van der Waals surface area contributed by atoms with E-state index >= 15 is 0 Å². The van der Waals surface area contributed by atoms with Gasteiger partial charge in [-0.1, -0.05) is 31.2 Å². The standard InChI is InChI=1S/C26H23F2N3O3/c1-2-18-6-9-23(10-7-18)34-17-31-15-22(14-29-31)30-26(32)20-5-3-4-19(12-20)16-33-25-11-8-21(27)13-24(25)28/h3-15H,2,16-17H2,1H3,(H,30,32). The van der Waals surface area contributed by atoms with Crippen LogP contribution in [0.1, 0.15) is 28.4 Å². The predicted molar refractivity (Wildman–Crippen MR) is 124 cm³/mol. The van der Waals surface area contributed by atoms with Gasteiger partial charge in [0, 0.05) is 11.6 Å². The van der Waals surface area contributed by atoms with Crippen molar-refractivity contribution in [1.82, 2.24) is 9.78 Å². The number of benzene rings is 3. The van der Waals surface area contributed by atoms with E-state index in [0.29, 0.717) is 16.8 Å². The zero-order chi connectivity index (χ0) is 23.9. The lowest BCUT2D eigenvalue weighted by Crippen LogP contribution is -2.12. The van der Waals surface area contributed by atoms with Gasteiger partial charge in [0.2, 0.25) is 0 Å². The van der Waals surface area contributed by atoms with Gasteiger partial charge in [0.15, 0.2) is 18.3 Å². The topological polar surface area (TPSA) is 65.4 Å². The molecule has 1 aromatic heterocycles. The number of amides is 1. The lowest BCUT2D eigenvalue weighted by Gasteiger charge is -2.09. The summed E-state index contributed by atoms with van der Waals surface area (Å²) in [7, 11) is 0. The first-order valence-electron chi connectivity index (χ1n) is 10.7. The van der Waals surface area contributed by atoms with E-state index in [0.717, 1.165) is 24.3 Å². The second kappa shape index (κ2) is 10.6. The van der Waals surface area contributed by atoms with Crippen molar-refractivity contribution in [2.24, 2.45) is 0 Å². The van der Waals surface area contributed by atoms with E-state index in [1.165, 1.54) is 17.8 Å². The Hall–Kier alpha value is -4.20. The molecule has 0 radical (unpaired) electrons. The Morgan fingerprint density at radius 1 is 1.00 bits per heavy atom. The van der Waals surface area contributed by atoms with E-state index in [2.05, 4.69) is 17.3 Å². The van der Waals surface area contributed by atoms with Crippen molar-refractivity contribution >= 4 is 11.6 Å². The van der Waals surface area contributed by atoms with Crippen LogP contribution in [0.5, 0.6) is 11.5 Å². The molecule has 0 aliphatic rings. The van der Waals surface area contributed by atoms with Crippen molar-refractivity contribution in [3.8, 4) is 11.5 Å². The summed E-state index contributed by atoms with van der Waals surface area (Å²) in [6.07, 6.45) is 4.17. The molecule has 0 bridgehead atoms. The maximum atomic E-state index is 13.7. The number of aromatic nitrogens is 2. The zero-order valence-corrected chi connectivity index (χ0v) is 18.5. The van der Waals surface area contributed by atoms with E-state index < -0.39 is 11.6 Å². The van der Waals surface area contributed by atoms with Crippen molar-refractivity contribution in [2.75, 3.05) is 5.32 Å². The molecule has 0 unspecified atom stereocenters. The number of halogens is 2. The first-order chi connectivity index (χ1) is 16.5. The highest BCUT2D eigenvalue weighted by Crippen LogP contribution is 2.20. The summed E-state index contributed by atoms with van der Waals surface area (Å²) in [4.78, 5) is 12.7. The quantitative estimate of drug-likeness (QED) is 0.351. The first kappa shape index (κ1) is 23.0. The molecular formula is C26H23F2N3O3. The van der Waals surface area contributed by atoms with E-state index in [-0.39, 0.29) is 25.0 Å². The van der Waals surface area contributed by atoms with Crippen LogP contribution in [0.4, 0.5) is 14.5 Å². The third-order valence-corrected chi connectivity index (χ3v) is 5.06. The summed E-state index contributed by atoms with van der Waals surface area (Å²) in [5, 5.41) is 6.99. The number of hydrogen-bond acceptors (Lipinski definition) is 4. The summed E-state index contributed by atoms with van der Waals surface area (Å²) in [5.74, 6) is -1.12. The van der Waals surface area contributed by atoms with Gasteiger partial charge in [0.1, 0.15) is 18.2 Å². The molecule has 8 heteroatoms. The molecule has 4 rings (SSSR count). The second-order valence-electron chi connectivity index (χ2n) is 7.56. The Balaban J connectivity index is 1.32. The molecule has 1 amide bonds. The van der Waals surface area contributed by atoms with Crippen LogP contribution in [-0.4, -0.2) is 15.7 Å². The van der Waals surface area contributed by atoms with Crippen LogP contribution in [-0.2, 0) is 19.8 Å². The Bertz CT molecular complexity index is 1270.